The molecule has 132 valence electrons. The molecule has 3 rings (SSSR count). The third-order valence-electron chi connectivity index (χ3n) is 4.76. The zero-order valence-electron chi connectivity index (χ0n) is 14.5. The number of amides is 1. The standard InChI is InChI=1S/C18H26N2O4/c1-3-23-16-6-5-14(9-15(16)11-21)10-20-8-4-7-18(13-20)12-19(2)17(22)24-18/h5-6,9,21H,3-4,7-8,10-13H2,1-2H3. The summed E-state index contributed by atoms with van der Waals surface area (Å²) in [5.74, 6) is 0.741. The molecule has 6 nitrogen and oxygen atoms in total. The number of benzene rings is 1. The number of likely N-dealkylation sites (tertiary alicyclic amines) is 1. The van der Waals surface area contributed by atoms with E-state index in [1.165, 1.54) is 0 Å². The molecule has 1 N–H and O–H groups in total. The highest BCUT2D eigenvalue weighted by molar-refractivity contribution is 5.70. The highest BCUT2D eigenvalue weighted by atomic mass is 16.6. The summed E-state index contributed by atoms with van der Waals surface area (Å²) < 4.78 is 11.2. The zero-order valence-corrected chi connectivity index (χ0v) is 14.5. The number of likely N-dealkylation sites (N-methyl/N-ethyl adjacent to an activating group) is 1. The van der Waals surface area contributed by atoms with Crippen LogP contribution in [-0.2, 0) is 17.9 Å². The van der Waals surface area contributed by atoms with Crippen molar-refractivity contribution in [1.29, 1.82) is 0 Å². The van der Waals surface area contributed by atoms with Crippen molar-refractivity contribution in [3.05, 3.63) is 29.3 Å². The monoisotopic (exact) mass is 334 g/mol. The van der Waals surface area contributed by atoms with Gasteiger partial charge in [-0.2, -0.15) is 0 Å². The Balaban J connectivity index is 1.68. The topological polar surface area (TPSA) is 62.2 Å². The molecule has 1 amide bonds. The van der Waals surface area contributed by atoms with E-state index in [0.717, 1.165) is 49.4 Å². The first kappa shape index (κ1) is 17.0. The number of carbonyl (C=O) groups is 1. The van der Waals surface area contributed by atoms with Gasteiger partial charge in [0.05, 0.1) is 19.8 Å². The van der Waals surface area contributed by atoms with E-state index in [2.05, 4.69) is 4.90 Å². The van der Waals surface area contributed by atoms with Crippen LogP contribution in [0.2, 0.25) is 0 Å². The Labute approximate surface area is 143 Å². The molecular weight excluding hydrogens is 308 g/mol. The van der Waals surface area contributed by atoms with Crippen molar-refractivity contribution in [2.75, 3.05) is 33.3 Å². The molecule has 2 aliphatic heterocycles. The third kappa shape index (κ3) is 3.49. The van der Waals surface area contributed by atoms with Crippen LogP contribution in [0.3, 0.4) is 0 Å². The Kier molecular flexibility index (Phi) is 4.96. The molecule has 1 unspecified atom stereocenters. The van der Waals surface area contributed by atoms with Crippen LogP contribution in [0, 0.1) is 0 Å². The number of hydrogen-bond acceptors (Lipinski definition) is 5. The van der Waals surface area contributed by atoms with E-state index in [4.69, 9.17) is 9.47 Å². The minimum atomic E-state index is -0.366. The lowest BCUT2D eigenvalue weighted by atomic mass is 9.92. The quantitative estimate of drug-likeness (QED) is 0.892. The van der Waals surface area contributed by atoms with Gasteiger partial charge in [-0.1, -0.05) is 6.07 Å². The minimum Gasteiger partial charge on any atom is -0.494 e. The number of aliphatic hydroxyl groups is 1. The van der Waals surface area contributed by atoms with Crippen molar-refractivity contribution in [2.24, 2.45) is 0 Å². The van der Waals surface area contributed by atoms with Gasteiger partial charge in [0, 0.05) is 25.7 Å². The van der Waals surface area contributed by atoms with Crippen LogP contribution in [0.1, 0.15) is 30.9 Å². The molecule has 1 aromatic carbocycles. The van der Waals surface area contributed by atoms with E-state index in [9.17, 15) is 9.90 Å². The number of rotatable bonds is 5. The van der Waals surface area contributed by atoms with Crippen molar-refractivity contribution in [1.82, 2.24) is 9.80 Å². The van der Waals surface area contributed by atoms with Crippen molar-refractivity contribution >= 4 is 6.09 Å². The SMILES string of the molecule is CCOc1ccc(CN2CCCC3(C2)CN(C)C(=O)O3)cc1CO. The highest BCUT2D eigenvalue weighted by Gasteiger charge is 2.46. The van der Waals surface area contributed by atoms with E-state index >= 15 is 0 Å². The van der Waals surface area contributed by atoms with Gasteiger partial charge >= 0.3 is 6.09 Å². The minimum absolute atomic E-state index is 0.0322. The Bertz CT molecular complexity index is 607. The second-order valence-corrected chi connectivity index (χ2v) is 6.75. The fraction of sp³-hybridized carbons (Fsp3) is 0.611. The average Bonchev–Trinajstić information content (AvgIpc) is 2.82. The second-order valence-electron chi connectivity index (χ2n) is 6.75. The van der Waals surface area contributed by atoms with Crippen LogP contribution >= 0.6 is 0 Å². The molecule has 0 bridgehead atoms. The maximum Gasteiger partial charge on any atom is 0.410 e. The van der Waals surface area contributed by atoms with Crippen molar-refractivity contribution in [3.8, 4) is 5.75 Å². The first-order chi connectivity index (χ1) is 11.5. The number of ether oxygens (including phenoxy) is 2. The molecule has 0 saturated carbocycles. The van der Waals surface area contributed by atoms with Crippen molar-refractivity contribution in [3.63, 3.8) is 0 Å². The number of nitrogens with zero attached hydrogens (tertiary/aromatic N) is 2. The van der Waals surface area contributed by atoms with Crippen LogP contribution in [0.4, 0.5) is 4.79 Å². The molecule has 2 heterocycles. The summed E-state index contributed by atoms with van der Waals surface area (Å²) >= 11 is 0. The van der Waals surface area contributed by atoms with Crippen LogP contribution in [0.15, 0.2) is 18.2 Å². The average molecular weight is 334 g/mol. The van der Waals surface area contributed by atoms with Gasteiger partial charge in [-0.15, -0.1) is 0 Å². The van der Waals surface area contributed by atoms with E-state index < -0.39 is 0 Å². The maximum atomic E-state index is 11.7. The summed E-state index contributed by atoms with van der Waals surface area (Å²) in [7, 11) is 1.79. The fourth-order valence-corrected chi connectivity index (χ4v) is 3.74. The molecule has 0 radical (unpaired) electrons. The predicted octanol–water partition coefficient (Wildman–Crippen LogP) is 1.99. The normalized spacial score (nSPS) is 24.5. The molecular formula is C18H26N2O4. The van der Waals surface area contributed by atoms with Crippen LogP contribution < -0.4 is 4.74 Å². The molecule has 1 aromatic rings. The summed E-state index contributed by atoms with van der Waals surface area (Å²) in [6.45, 7) is 5.67. The van der Waals surface area contributed by atoms with Gasteiger partial charge in [0.2, 0.25) is 0 Å². The predicted molar refractivity (Wildman–Crippen MR) is 89.9 cm³/mol. The molecule has 1 spiro atoms. The van der Waals surface area contributed by atoms with Crippen molar-refractivity contribution < 1.29 is 19.4 Å². The summed E-state index contributed by atoms with van der Waals surface area (Å²) in [4.78, 5) is 15.7. The van der Waals surface area contributed by atoms with Gasteiger partial charge in [0.1, 0.15) is 11.4 Å². The van der Waals surface area contributed by atoms with Gasteiger partial charge in [-0.05, 0) is 44.0 Å². The summed E-state index contributed by atoms with van der Waals surface area (Å²) in [6.07, 6.45) is 1.72. The molecule has 2 saturated heterocycles. The zero-order chi connectivity index (χ0) is 17.2. The Hall–Kier alpha value is -1.79. The largest absolute Gasteiger partial charge is 0.494 e. The van der Waals surface area contributed by atoms with E-state index in [-0.39, 0.29) is 18.3 Å². The third-order valence-corrected chi connectivity index (χ3v) is 4.76. The first-order valence-electron chi connectivity index (χ1n) is 8.57. The molecule has 0 aliphatic carbocycles. The van der Waals surface area contributed by atoms with Gasteiger partial charge in [0.15, 0.2) is 0 Å². The first-order valence-corrected chi connectivity index (χ1v) is 8.57. The van der Waals surface area contributed by atoms with Crippen LogP contribution in [0.5, 0.6) is 5.75 Å². The van der Waals surface area contributed by atoms with Crippen LogP contribution in [-0.4, -0.2) is 59.9 Å². The molecule has 24 heavy (non-hydrogen) atoms. The van der Waals surface area contributed by atoms with Crippen LogP contribution in [0.25, 0.3) is 0 Å². The molecule has 2 fully saturated rings. The van der Waals surface area contributed by atoms with Gasteiger partial charge in [-0.3, -0.25) is 4.90 Å². The Morgan fingerprint density at radius 3 is 2.88 bits per heavy atom. The fourth-order valence-electron chi connectivity index (χ4n) is 3.74. The Morgan fingerprint density at radius 2 is 2.21 bits per heavy atom. The van der Waals surface area contributed by atoms with Gasteiger partial charge in [0.25, 0.3) is 0 Å². The molecule has 1 atom stereocenters. The van der Waals surface area contributed by atoms with E-state index in [1.807, 2.05) is 25.1 Å². The molecule has 2 aliphatic rings. The van der Waals surface area contributed by atoms with E-state index in [1.54, 1.807) is 11.9 Å². The smallest absolute Gasteiger partial charge is 0.410 e. The van der Waals surface area contributed by atoms with E-state index in [0.29, 0.717) is 13.2 Å². The summed E-state index contributed by atoms with van der Waals surface area (Å²) in [5, 5.41) is 9.54. The van der Waals surface area contributed by atoms with Gasteiger partial charge < -0.3 is 19.5 Å². The number of piperidine rings is 1. The highest BCUT2D eigenvalue weighted by Crippen LogP contribution is 2.32. The number of aliphatic hydroxyl groups excluding tert-OH is 1. The Morgan fingerprint density at radius 1 is 1.38 bits per heavy atom. The lowest BCUT2D eigenvalue weighted by Crippen LogP contribution is -2.50. The lowest BCUT2D eigenvalue weighted by molar-refractivity contribution is -0.0113. The number of carbonyl (C=O) groups excluding carboxylic acids is 1. The second kappa shape index (κ2) is 6.99. The lowest BCUT2D eigenvalue weighted by Gasteiger charge is -2.38. The maximum absolute atomic E-state index is 11.7. The molecule has 0 aromatic heterocycles. The molecule has 6 heteroatoms. The summed E-state index contributed by atoms with van der Waals surface area (Å²) in [6, 6.07) is 5.96. The number of hydrogen-bond donors (Lipinski definition) is 1. The van der Waals surface area contributed by atoms with Gasteiger partial charge in [-0.25, -0.2) is 4.79 Å². The summed E-state index contributed by atoms with van der Waals surface area (Å²) in [5.41, 5.74) is 1.58. The van der Waals surface area contributed by atoms with Crippen molar-refractivity contribution in [2.45, 2.75) is 38.5 Å².